The summed E-state index contributed by atoms with van der Waals surface area (Å²) in [5.41, 5.74) is 5.20. The number of hydrogen-bond acceptors (Lipinski definition) is 4. The monoisotopic (exact) mass is 227 g/mol. The van der Waals surface area contributed by atoms with Gasteiger partial charge in [-0.25, -0.2) is 0 Å². The fourth-order valence-electron chi connectivity index (χ4n) is 2.80. The molecule has 0 aromatic heterocycles. The Bertz CT molecular complexity index is 252. The fourth-order valence-corrected chi connectivity index (χ4v) is 2.80. The third kappa shape index (κ3) is 2.72. The summed E-state index contributed by atoms with van der Waals surface area (Å²) in [6.45, 7) is 3.52. The van der Waals surface area contributed by atoms with Crippen molar-refractivity contribution >= 4 is 5.91 Å². The summed E-state index contributed by atoms with van der Waals surface area (Å²) in [4.78, 5) is 13.2. The zero-order chi connectivity index (χ0) is 11.5. The van der Waals surface area contributed by atoms with Crippen molar-refractivity contribution in [1.29, 1.82) is 0 Å². The minimum atomic E-state index is -0.243. The highest BCUT2D eigenvalue weighted by Gasteiger charge is 2.32. The van der Waals surface area contributed by atoms with E-state index in [1.165, 1.54) is 0 Å². The average Bonchev–Trinajstić information content (AvgIpc) is 2.65. The van der Waals surface area contributed by atoms with Crippen molar-refractivity contribution in [1.82, 2.24) is 10.2 Å². The first-order valence-corrected chi connectivity index (χ1v) is 6.08. The maximum atomic E-state index is 10.8. The highest BCUT2D eigenvalue weighted by atomic mass is 16.3. The largest absolute Gasteiger partial charge is 0.390 e. The maximum absolute atomic E-state index is 10.8. The van der Waals surface area contributed by atoms with Gasteiger partial charge in [0, 0.05) is 25.6 Å². The van der Waals surface area contributed by atoms with Crippen LogP contribution in [0.15, 0.2) is 0 Å². The van der Waals surface area contributed by atoms with E-state index in [9.17, 15) is 9.90 Å². The molecule has 92 valence electrons. The molecule has 0 saturated carbocycles. The van der Waals surface area contributed by atoms with Crippen molar-refractivity contribution in [2.24, 2.45) is 11.7 Å². The molecule has 5 heteroatoms. The van der Waals surface area contributed by atoms with E-state index < -0.39 is 0 Å². The lowest BCUT2D eigenvalue weighted by molar-refractivity contribution is -0.119. The molecule has 4 N–H and O–H groups in total. The van der Waals surface area contributed by atoms with Crippen LogP contribution in [0.3, 0.4) is 0 Å². The molecule has 2 atom stereocenters. The first-order valence-electron chi connectivity index (χ1n) is 6.08. The van der Waals surface area contributed by atoms with Gasteiger partial charge in [0.25, 0.3) is 0 Å². The Hall–Kier alpha value is -0.650. The molecule has 2 aliphatic rings. The van der Waals surface area contributed by atoms with E-state index in [0.29, 0.717) is 18.9 Å². The molecule has 2 fully saturated rings. The van der Waals surface area contributed by atoms with Crippen LogP contribution in [-0.4, -0.2) is 54.2 Å². The van der Waals surface area contributed by atoms with Gasteiger partial charge in [-0.15, -0.1) is 0 Å². The lowest BCUT2D eigenvalue weighted by atomic mass is 9.92. The molecule has 0 bridgehead atoms. The predicted octanol–water partition coefficient (Wildman–Crippen LogP) is -1.09. The summed E-state index contributed by atoms with van der Waals surface area (Å²) >= 11 is 0. The highest BCUT2D eigenvalue weighted by Crippen LogP contribution is 2.23. The summed E-state index contributed by atoms with van der Waals surface area (Å²) < 4.78 is 0. The minimum Gasteiger partial charge on any atom is -0.390 e. The highest BCUT2D eigenvalue weighted by molar-refractivity contribution is 5.73. The van der Waals surface area contributed by atoms with E-state index >= 15 is 0 Å². The second-order valence-electron chi connectivity index (χ2n) is 4.94. The van der Waals surface area contributed by atoms with Crippen molar-refractivity contribution in [2.45, 2.75) is 31.4 Å². The number of nitrogens with zero attached hydrogens (tertiary/aromatic N) is 1. The third-order valence-corrected chi connectivity index (χ3v) is 3.76. The van der Waals surface area contributed by atoms with Gasteiger partial charge < -0.3 is 16.2 Å². The minimum absolute atomic E-state index is 0.194. The fraction of sp³-hybridized carbons (Fsp3) is 0.909. The third-order valence-electron chi connectivity index (χ3n) is 3.76. The average molecular weight is 227 g/mol. The number of aliphatic hydroxyl groups is 1. The number of piperidine rings is 1. The van der Waals surface area contributed by atoms with Gasteiger partial charge >= 0.3 is 0 Å². The second-order valence-corrected chi connectivity index (χ2v) is 4.94. The van der Waals surface area contributed by atoms with Crippen LogP contribution >= 0.6 is 0 Å². The maximum Gasteiger partial charge on any atom is 0.217 e. The predicted molar refractivity (Wildman–Crippen MR) is 60.8 cm³/mol. The quantitative estimate of drug-likeness (QED) is 0.572. The van der Waals surface area contributed by atoms with E-state index in [-0.39, 0.29) is 18.1 Å². The van der Waals surface area contributed by atoms with Crippen molar-refractivity contribution in [3.63, 3.8) is 0 Å². The Morgan fingerprint density at radius 2 is 2.06 bits per heavy atom. The zero-order valence-electron chi connectivity index (χ0n) is 9.56. The summed E-state index contributed by atoms with van der Waals surface area (Å²) in [7, 11) is 0. The zero-order valence-corrected chi connectivity index (χ0v) is 9.56. The Morgan fingerprint density at radius 1 is 1.38 bits per heavy atom. The molecule has 0 aromatic rings. The molecular formula is C11H21N3O2. The van der Waals surface area contributed by atoms with Gasteiger partial charge in [0.05, 0.1) is 6.10 Å². The van der Waals surface area contributed by atoms with Gasteiger partial charge in [0.1, 0.15) is 0 Å². The van der Waals surface area contributed by atoms with Crippen LogP contribution < -0.4 is 11.1 Å². The molecule has 16 heavy (non-hydrogen) atoms. The molecule has 1 amide bonds. The van der Waals surface area contributed by atoms with Crippen LogP contribution in [0.5, 0.6) is 0 Å². The summed E-state index contributed by atoms with van der Waals surface area (Å²) in [5, 5.41) is 13.0. The van der Waals surface area contributed by atoms with Crippen molar-refractivity contribution in [3.05, 3.63) is 0 Å². The van der Waals surface area contributed by atoms with Gasteiger partial charge in [0.15, 0.2) is 0 Å². The Balaban J connectivity index is 1.78. The number of rotatable bonds is 3. The SMILES string of the molecule is NC(=O)CC1CCN(C2CNCC2O)CC1. The van der Waals surface area contributed by atoms with Crippen LogP contribution in [0.2, 0.25) is 0 Å². The van der Waals surface area contributed by atoms with E-state index in [4.69, 9.17) is 5.73 Å². The molecule has 0 radical (unpaired) electrons. The molecule has 2 saturated heterocycles. The Labute approximate surface area is 96.0 Å². The number of β-amino-alcohol motifs (C(OH)–C–C–N with tert-alkyl or cyclic N) is 1. The number of carbonyl (C=O) groups is 1. The molecule has 0 aromatic carbocycles. The lowest BCUT2D eigenvalue weighted by Crippen LogP contribution is -2.47. The number of aliphatic hydroxyl groups excluding tert-OH is 1. The molecule has 0 aliphatic carbocycles. The van der Waals surface area contributed by atoms with E-state index in [1.807, 2.05) is 0 Å². The smallest absolute Gasteiger partial charge is 0.217 e. The summed E-state index contributed by atoms with van der Waals surface area (Å²) in [6, 6.07) is 0.259. The van der Waals surface area contributed by atoms with Crippen LogP contribution in [0.1, 0.15) is 19.3 Å². The van der Waals surface area contributed by atoms with Crippen molar-refractivity contribution in [2.75, 3.05) is 26.2 Å². The van der Waals surface area contributed by atoms with Crippen LogP contribution in [0, 0.1) is 5.92 Å². The van der Waals surface area contributed by atoms with Crippen molar-refractivity contribution in [3.8, 4) is 0 Å². The first kappa shape index (κ1) is 11.8. The second kappa shape index (κ2) is 5.12. The van der Waals surface area contributed by atoms with Crippen molar-refractivity contribution < 1.29 is 9.90 Å². The molecule has 2 unspecified atom stereocenters. The number of amides is 1. The number of nitrogens with two attached hydrogens (primary N) is 1. The number of likely N-dealkylation sites (tertiary alicyclic amines) is 1. The standard InChI is InChI=1S/C11H21N3O2/c12-11(16)5-8-1-3-14(4-2-8)9-6-13-7-10(9)15/h8-10,13,15H,1-7H2,(H2,12,16). The summed E-state index contributed by atoms with van der Waals surface area (Å²) in [6.07, 6.45) is 2.31. The number of primary amides is 1. The Kier molecular flexibility index (Phi) is 3.78. The lowest BCUT2D eigenvalue weighted by Gasteiger charge is -2.36. The number of hydrogen-bond donors (Lipinski definition) is 3. The van der Waals surface area contributed by atoms with Crippen LogP contribution in [-0.2, 0) is 4.79 Å². The molecular weight excluding hydrogens is 206 g/mol. The molecule has 0 spiro atoms. The van der Waals surface area contributed by atoms with Gasteiger partial charge in [-0.1, -0.05) is 0 Å². The topological polar surface area (TPSA) is 78.6 Å². The Morgan fingerprint density at radius 3 is 2.56 bits per heavy atom. The molecule has 5 nitrogen and oxygen atoms in total. The number of carbonyl (C=O) groups excluding carboxylic acids is 1. The van der Waals surface area contributed by atoms with E-state index in [0.717, 1.165) is 32.5 Å². The van der Waals surface area contributed by atoms with Gasteiger partial charge in [0.2, 0.25) is 5.91 Å². The van der Waals surface area contributed by atoms with E-state index in [1.54, 1.807) is 0 Å². The van der Waals surface area contributed by atoms with Gasteiger partial charge in [-0.3, -0.25) is 9.69 Å². The summed E-state index contributed by atoms with van der Waals surface area (Å²) in [5.74, 6) is 0.251. The first-order chi connectivity index (χ1) is 7.66. The molecule has 2 heterocycles. The van der Waals surface area contributed by atoms with E-state index in [2.05, 4.69) is 10.2 Å². The van der Waals surface area contributed by atoms with Crippen LogP contribution in [0.4, 0.5) is 0 Å². The normalized spacial score (nSPS) is 33.1. The van der Waals surface area contributed by atoms with Crippen LogP contribution in [0.25, 0.3) is 0 Å². The number of nitrogens with one attached hydrogen (secondary N) is 1. The van der Waals surface area contributed by atoms with Gasteiger partial charge in [-0.2, -0.15) is 0 Å². The molecule has 2 rings (SSSR count). The molecule has 2 aliphatic heterocycles. The van der Waals surface area contributed by atoms with Gasteiger partial charge in [-0.05, 0) is 31.8 Å².